The minimum atomic E-state index is -0.769. The van der Waals surface area contributed by atoms with Gasteiger partial charge in [0.2, 0.25) is 11.9 Å². The van der Waals surface area contributed by atoms with Crippen LogP contribution in [0.2, 0.25) is 5.02 Å². The Labute approximate surface area is 145 Å². The van der Waals surface area contributed by atoms with E-state index in [9.17, 15) is 9.90 Å². The molecule has 0 radical (unpaired) electrons. The number of aromatic nitrogens is 2. The number of carbonyl (C=O) groups excluding carboxylic acids is 1. The fourth-order valence-corrected chi connectivity index (χ4v) is 2.96. The molecule has 1 aromatic carbocycles. The number of nitrogens with zero attached hydrogens (tertiary/aromatic N) is 3. The summed E-state index contributed by atoms with van der Waals surface area (Å²) in [6, 6.07) is 8.38. The molecule has 24 heavy (non-hydrogen) atoms. The van der Waals surface area contributed by atoms with Crippen molar-refractivity contribution in [3.05, 3.63) is 53.3 Å². The third-order valence-electron chi connectivity index (χ3n) is 4.09. The third-order valence-corrected chi connectivity index (χ3v) is 4.34. The summed E-state index contributed by atoms with van der Waals surface area (Å²) in [7, 11) is 0. The molecule has 6 nitrogen and oxygen atoms in total. The van der Waals surface area contributed by atoms with Gasteiger partial charge in [-0.15, -0.1) is 0 Å². The van der Waals surface area contributed by atoms with Crippen molar-refractivity contribution in [3.63, 3.8) is 0 Å². The van der Waals surface area contributed by atoms with Gasteiger partial charge in [0.15, 0.2) is 0 Å². The van der Waals surface area contributed by atoms with Gasteiger partial charge in [0.05, 0.1) is 6.10 Å². The zero-order chi connectivity index (χ0) is 16.9. The Balaban J connectivity index is 1.59. The maximum atomic E-state index is 12.5. The van der Waals surface area contributed by atoms with Gasteiger partial charge in [-0.1, -0.05) is 23.7 Å². The number of hydrogen-bond donors (Lipinski definition) is 2. The Morgan fingerprint density at radius 3 is 2.75 bits per heavy atom. The predicted molar refractivity (Wildman–Crippen MR) is 91.8 cm³/mol. The van der Waals surface area contributed by atoms with Gasteiger partial charge in [-0.25, -0.2) is 9.97 Å². The van der Waals surface area contributed by atoms with Gasteiger partial charge in [0, 0.05) is 30.5 Å². The van der Waals surface area contributed by atoms with E-state index in [-0.39, 0.29) is 18.5 Å². The molecule has 126 valence electrons. The molecule has 0 unspecified atom stereocenters. The van der Waals surface area contributed by atoms with E-state index in [0.717, 1.165) is 24.9 Å². The Hall–Kier alpha value is -2.18. The smallest absolute Gasteiger partial charge is 0.242 e. The van der Waals surface area contributed by atoms with Crippen LogP contribution in [0.25, 0.3) is 0 Å². The highest BCUT2D eigenvalue weighted by Crippen LogP contribution is 2.22. The molecular weight excluding hydrogens is 328 g/mol. The molecule has 2 N–H and O–H groups in total. The maximum absolute atomic E-state index is 12.5. The zero-order valence-electron chi connectivity index (χ0n) is 13.1. The number of amides is 1. The van der Waals surface area contributed by atoms with Crippen LogP contribution in [-0.2, 0) is 4.79 Å². The quantitative estimate of drug-likeness (QED) is 0.865. The van der Waals surface area contributed by atoms with Crippen molar-refractivity contribution in [2.24, 2.45) is 0 Å². The molecule has 3 rings (SSSR count). The molecule has 0 spiro atoms. The summed E-state index contributed by atoms with van der Waals surface area (Å²) in [5.41, 5.74) is 0.717. The number of halogens is 1. The molecule has 2 aromatic rings. The molecule has 1 saturated heterocycles. The largest absolute Gasteiger partial charge is 0.387 e. The fourth-order valence-electron chi connectivity index (χ4n) is 2.84. The van der Waals surface area contributed by atoms with E-state index < -0.39 is 6.10 Å². The predicted octanol–water partition coefficient (Wildman–Crippen LogP) is 1.95. The standard InChI is InChI=1S/C17H19ClN4O2/c18-13-6-4-12(5-7-13)15(23)11-21-16(24)14-3-1-10-22(14)17-19-8-2-9-20-17/h2,4-9,14-15,23H,1,3,10-11H2,(H,21,24)/t14-,15-/m1/s1. The van der Waals surface area contributed by atoms with E-state index in [4.69, 9.17) is 11.6 Å². The van der Waals surface area contributed by atoms with Crippen molar-refractivity contribution in [1.29, 1.82) is 0 Å². The van der Waals surface area contributed by atoms with E-state index >= 15 is 0 Å². The first-order valence-corrected chi connectivity index (χ1v) is 8.28. The minimum Gasteiger partial charge on any atom is -0.387 e. The number of carbonyl (C=O) groups is 1. The van der Waals surface area contributed by atoms with Gasteiger partial charge in [-0.05, 0) is 36.6 Å². The van der Waals surface area contributed by atoms with Crippen LogP contribution >= 0.6 is 11.6 Å². The highest BCUT2D eigenvalue weighted by atomic mass is 35.5. The number of aliphatic hydroxyl groups excluding tert-OH is 1. The molecule has 1 amide bonds. The number of anilines is 1. The Kier molecular flexibility index (Phi) is 5.27. The summed E-state index contributed by atoms with van der Waals surface area (Å²) in [6.45, 7) is 0.905. The fraction of sp³-hybridized carbons (Fsp3) is 0.353. The molecule has 0 aliphatic carbocycles. The Bertz CT molecular complexity index is 681. The van der Waals surface area contributed by atoms with Gasteiger partial charge in [0.25, 0.3) is 0 Å². The van der Waals surface area contributed by atoms with Crippen molar-refractivity contribution in [2.45, 2.75) is 25.0 Å². The summed E-state index contributed by atoms with van der Waals surface area (Å²) in [5.74, 6) is 0.446. The first kappa shape index (κ1) is 16.7. The second-order valence-corrected chi connectivity index (χ2v) is 6.15. The average molecular weight is 347 g/mol. The lowest BCUT2D eigenvalue weighted by atomic mass is 10.1. The molecule has 1 aliphatic heterocycles. The van der Waals surface area contributed by atoms with Crippen molar-refractivity contribution < 1.29 is 9.90 Å². The van der Waals surface area contributed by atoms with E-state index in [0.29, 0.717) is 11.0 Å². The van der Waals surface area contributed by atoms with Crippen LogP contribution in [0.4, 0.5) is 5.95 Å². The molecule has 1 aromatic heterocycles. The summed E-state index contributed by atoms with van der Waals surface area (Å²) in [6.07, 6.45) is 4.23. The van der Waals surface area contributed by atoms with Gasteiger partial charge in [0.1, 0.15) is 6.04 Å². The lowest BCUT2D eigenvalue weighted by Gasteiger charge is -2.24. The maximum Gasteiger partial charge on any atom is 0.242 e. The number of benzene rings is 1. The minimum absolute atomic E-state index is 0.118. The van der Waals surface area contributed by atoms with Crippen LogP contribution in [0.5, 0.6) is 0 Å². The van der Waals surface area contributed by atoms with Crippen LogP contribution in [0.3, 0.4) is 0 Å². The van der Waals surface area contributed by atoms with Crippen molar-refractivity contribution in [2.75, 3.05) is 18.0 Å². The lowest BCUT2D eigenvalue weighted by molar-refractivity contribution is -0.122. The number of hydrogen-bond acceptors (Lipinski definition) is 5. The first-order chi connectivity index (χ1) is 11.6. The van der Waals surface area contributed by atoms with Crippen LogP contribution in [0.15, 0.2) is 42.7 Å². The van der Waals surface area contributed by atoms with E-state index in [2.05, 4.69) is 15.3 Å². The second kappa shape index (κ2) is 7.59. The Morgan fingerprint density at radius 2 is 2.04 bits per heavy atom. The van der Waals surface area contributed by atoms with Crippen molar-refractivity contribution >= 4 is 23.5 Å². The molecule has 0 saturated carbocycles. The Morgan fingerprint density at radius 1 is 1.33 bits per heavy atom. The SMILES string of the molecule is O=C(NC[C@@H](O)c1ccc(Cl)cc1)[C@H]1CCCN1c1ncccn1. The first-order valence-electron chi connectivity index (χ1n) is 7.90. The van der Waals surface area contributed by atoms with E-state index in [1.807, 2.05) is 4.90 Å². The number of aliphatic hydroxyl groups is 1. The van der Waals surface area contributed by atoms with Crippen LogP contribution in [0.1, 0.15) is 24.5 Å². The molecule has 1 aliphatic rings. The number of rotatable bonds is 5. The summed E-state index contributed by atoms with van der Waals surface area (Å²) in [5, 5.41) is 13.6. The van der Waals surface area contributed by atoms with Crippen LogP contribution < -0.4 is 10.2 Å². The highest BCUT2D eigenvalue weighted by molar-refractivity contribution is 6.30. The number of nitrogens with one attached hydrogen (secondary N) is 1. The normalized spacial score (nSPS) is 18.4. The molecule has 2 atom stereocenters. The summed E-state index contributed by atoms with van der Waals surface area (Å²) < 4.78 is 0. The molecule has 7 heteroatoms. The van der Waals surface area contributed by atoms with Crippen LogP contribution in [-0.4, -0.2) is 40.1 Å². The lowest BCUT2D eigenvalue weighted by Crippen LogP contribution is -2.45. The average Bonchev–Trinajstić information content (AvgIpc) is 3.10. The van der Waals surface area contributed by atoms with E-state index in [1.54, 1.807) is 42.7 Å². The topological polar surface area (TPSA) is 78.4 Å². The van der Waals surface area contributed by atoms with Crippen molar-refractivity contribution in [1.82, 2.24) is 15.3 Å². The summed E-state index contributed by atoms with van der Waals surface area (Å²) >= 11 is 5.84. The van der Waals surface area contributed by atoms with Gasteiger partial charge in [-0.2, -0.15) is 0 Å². The van der Waals surface area contributed by atoms with Crippen molar-refractivity contribution in [3.8, 4) is 0 Å². The molecule has 2 heterocycles. The highest BCUT2D eigenvalue weighted by Gasteiger charge is 2.32. The molecule has 1 fully saturated rings. The summed E-state index contributed by atoms with van der Waals surface area (Å²) in [4.78, 5) is 22.8. The third kappa shape index (κ3) is 3.83. The van der Waals surface area contributed by atoms with Gasteiger partial charge in [-0.3, -0.25) is 4.79 Å². The monoisotopic (exact) mass is 346 g/mol. The van der Waals surface area contributed by atoms with Gasteiger partial charge < -0.3 is 15.3 Å². The molecular formula is C17H19ClN4O2. The van der Waals surface area contributed by atoms with Gasteiger partial charge >= 0.3 is 0 Å². The molecule has 0 bridgehead atoms. The van der Waals surface area contributed by atoms with Crippen LogP contribution in [0, 0.1) is 0 Å². The second-order valence-electron chi connectivity index (χ2n) is 5.71. The van der Waals surface area contributed by atoms with E-state index in [1.165, 1.54) is 0 Å². The zero-order valence-corrected chi connectivity index (χ0v) is 13.9.